The maximum atomic E-state index is 12.1. The summed E-state index contributed by atoms with van der Waals surface area (Å²) >= 11 is 5.60. The fourth-order valence-electron chi connectivity index (χ4n) is 3.05. The van der Waals surface area contributed by atoms with Gasteiger partial charge in [0.15, 0.2) is 5.78 Å². The topological polar surface area (TPSA) is 17.1 Å². The van der Waals surface area contributed by atoms with E-state index < -0.39 is 0 Å². The predicted octanol–water partition coefficient (Wildman–Crippen LogP) is 4.11. The van der Waals surface area contributed by atoms with Gasteiger partial charge < -0.3 is 0 Å². The number of carbonyl (C=O) groups excluding carboxylic acids is 1. The molecule has 3 rings (SSSR count). The molecule has 2 heteroatoms. The summed E-state index contributed by atoms with van der Waals surface area (Å²) in [6.45, 7) is 0. The fourth-order valence-corrected chi connectivity index (χ4v) is 3.46. The maximum Gasteiger partial charge on any atom is 0.186 e. The van der Waals surface area contributed by atoms with Crippen LogP contribution in [0.15, 0.2) is 35.9 Å². The lowest BCUT2D eigenvalue weighted by molar-refractivity contribution is 0.104. The van der Waals surface area contributed by atoms with Crippen molar-refractivity contribution in [2.24, 2.45) is 5.92 Å². The fraction of sp³-hybridized carbons (Fsp3) is 0.375. The first-order valence-electron chi connectivity index (χ1n) is 6.67. The highest BCUT2D eigenvalue weighted by Crippen LogP contribution is 2.34. The summed E-state index contributed by atoms with van der Waals surface area (Å²) < 4.78 is 0. The lowest BCUT2D eigenvalue weighted by atomic mass is 9.77. The third-order valence-corrected chi connectivity index (χ3v) is 4.49. The molecule has 18 heavy (non-hydrogen) atoms. The number of carbonyl (C=O) groups is 1. The Bertz CT molecular complexity index is 536. The minimum atomic E-state index is 0.125. The molecule has 0 unspecified atom stereocenters. The minimum Gasteiger partial charge on any atom is -0.289 e. The van der Waals surface area contributed by atoms with Crippen molar-refractivity contribution in [2.75, 3.05) is 0 Å². The van der Waals surface area contributed by atoms with Gasteiger partial charge in [-0.2, -0.15) is 0 Å². The first-order chi connectivity index (χ1) is 8.77. The third-order valence-electron chi connectivity index (χ3n) is 4.03. The zero-order valence-electron chi connectivity index (χ0n) is 10.3. The lowest BCUT2D eigenvalue weighted by Crippen LogP contribution is -2.22. The van der Waals surface area contributed by atoms with E-state index in [-0.39, 0.29) is 5.78 Å². The molecular weight excluding hydrogens is 240 g/mol. The van der Waals surface area contributed by atoms with Crippen molar-refractivity contribution in [2.45, 2.75) is 32.1 Å². The lowest BCUT2D eigenvalue weighted by Gasteiger charge is -2.27. The minimum absolute atomic E-state index is 0.125. The first kappa shape index (κ1) is 11.8. The second-order valence-electron chi connectivity index (χ2n) is 5.17. The molecule has 1 aromatic rings. The molecule has 92 valence electrons. The van der Waals surface area contributed by atoms with E-state index in [4.69, 9.17) is 12.2 Å². The normalized spacial score (nSPS) is 20.6. The van der Waals surface area contributed by atoms with Gasteiger partial charge in [-0.05, 0) is 30.4 Å². The van der Waals surface area contributed by atoms with E-state index in [0.717, 1.165) is 21.6 Å². The second kappa shape index (κ2) is 4.77. The predicted molar refractivity (Wildman–Crippen MR) is 77.1 cm³/mol. The molecule has 1 aromatic carbocycles. The molecule has 0 radical (unpaired) electrons. The third kappa shape index (κ3) is 1.95. The van der Waals surface area contributed by atoms with Gasteiger partial charge in [0.05, 0.1) is 0 Å². The van der Waals surface area contributed by atoms with Crippen molar-refractivity contribution >= 4 is 22.9 Å². The zero-order valence-corrected chi connectivity index (χ0v) is 11.1. The van der Waals surface area contributed by atoms with Gasteiger partial charge in [-0.1, -0.05) is 55.7 Å². The van der Waals surface area contributed by atoms with E-state index >= 15 is 0 Å². The van der Waals surface area contributed by atoms with E-state index in [1.54, 1.807) is 6.08 Å². The van der Waals surface area contributed by atoms with Crippen LogP contribution in [0.5, 0.6) is 0 Å². The molecule has 0 atom stereocenters. The Morgan fingerprint density at radius 1 is 1.00 bits per heavy atom. The van der Waals surface area contributed by atoms with E-state index in [1.165, 1.54) is 32.1 Å². The van der Waals surface area contributed by atoms with Crippen LogP contribution in [0.2, 0.25) is 0 Å². The van der Waals surface area contributed by atoms with Gasteiger partial charge in [-0.25, -0.2) is 0 Å². The van der Waals surface area contributed by atoms with Crippen LogP contribution in [-0.4, -0.2) is 10.6 Å². The molecule has 2 aliphatic rings. The summed E-state index contributed by atoms with van der Waals surface area (Å²) in [5.74, 6) is 0.628. The SMILES string of the molecule is O=C1C=C(C2CCCCC2)C(=S)c2ccccc21. The van der Waals surface area contributed by atoms with Crippen LogP contribution in [0.25, 0.3) is 0 Å². The summed E-state index contributed by atoms with van der Waals surface area (Å²) in [5, 5.41) is 0. The van der Waals surface area contributed by atoms with Crippen LogP contribution >= 0.6 is 12.2 Å². The van der Waals surface area contributed by atoms with Crippen LogP contribution in [0.3, 0.4) is 0 Å². The first-order valence-corrected chi connectivity index (χ1v) is 7.08. The number of thiocarbonyl (C=S) groups is 1. The van der Waals surface area contributed by atoms with Crippen molar-refractivity contribution in [1.29, 1.82) is 0 Å². The molecule has 1 saturated carbocycles. The highest BCUT2D eigenvalue weighted by Gasteiger charge is 2.27. The monoisotopic (exact) mass is 256 g/mol. The zero-order chi connectivity index (χ0) is 12.5. The molecule has 1 nitrogen and oxygen atoms in total. The number of fused-ring (bicyclic) bond motifs is 1. The molecule has 0 heterocycles. The summed E-state index contributed by atoms with van der Waals surface area (Å²) in [5.41, 5.74) is 2.84. The second-order valence-corrected chi connectivity index (χ2v) is 5.58. The van der Waals surface area contributed by atoms with Gasteiger partial charge >= 0.3 is 0 Å². The highest BCUT2D eigenvalue weighted by molar-refractivity contribution is 7.81. The van der Waals surface area contributed by atoms with Gasteiger partial charge in [-0.3, -0.25) is 4.79 Å². The van der Waals surface area contributed by atoms with E-state index in [1.807, 2.05) is 24.3 Å². The number of allylic oxidation sites excluding steroid dienone is 2. The molecule has 0 N–H and O–H groups in total. The van der Waals surface area contributed by atoms with Crippen molar-refractivity contribution in [1.82, 2.24) is 0 Å². The smallest absolute Gasteiger partial charge is 0.186 e. The molecular formula is C16H16OS. The Morgan fingerprint density at radius 3 is 2.39 bits per heavy atom. The summed E-state index contributed by atoms with van der Waals surface area (Å²) in [7, 11) is 0. The number of benzene rings is 1. The molecule has 2 aliphatic carbocycles. The van der Waals surface area contributed by atoms with Crippen molar-refractivity contribution in [3.63, 3.8) is 0 Å². The Morgan fingerprint density at radius 2 is 1.67 bits per heavy atom. The molecule has 0 aromatic heterocycles. The number of hydrogen-bond acceptors (Lipinski definition) is 2. The maximum absolute atomic E-state index is 12.1. The summed E-state index contributed by atoms with van der Waals surface area (Å²) in [6.07, 6.45) is 8.01. The Hall–Kier alpha value is -1.28. The number of hydrogen-bond donors (Lipinski definition) is 0. The highest BCUT2D eigenvalue weighted by atomic mass is 32.1. The average Bonchev–Trinajstić information content (AvgIpc) is 2.44. The van der Waals surface area contributed by atoms with Gasteiger partial charge in [-0.15, -0.1) is 0 Å². The van der Waals surface area contributed by atoms with Crippen molar-refractivity contribution in [3.8, 4) is 0 Å². The molecule has 0 saturated heterocycles. The molecule has 0 aliphatic heterocycles. The molecule has 0 amide bonds. The van der Waals surface area contributed by atoms with Gasteiger partial charge in [0.1, 0.15) is 0 Å². The molecule has 0 spiro atoms. The van der Waals surface area contributed by atoms with Crippen molar-refractivity contribution < 1.29 is 4.79 Å². The van der Waals surface area contributed by atoms with E-state index in [2.05, 4.69) is 0 Å². The van der Waals surface area contributed by atoms with Crippen molar-refractivity contribution in [3.05, 3.63) is 47.0 Å². The van der Waals surface area contributed by atoms with E-state index in [0.29, 0.717) is 5.92 Å². The Labute approximate surface area is 113 Å². The Balaban J connectivity index is 1.98. The van der Waals surface area contributed by atoms with Gasteiger partial charge in [0.2, 0.25) is 0 Å². The van der Waals surface area contributed by atoms with Crippen LogP contribution in [0.1, 0.15) is 48.0 Å². The van der Waals surface area contributed by atoms with E-state index in [9.17, 15) is 4.79 Å². The van der Waals surface area contributed by atoms with Gasteiger partial charge in [0.25, 0.3) is 0 Å². The Kier molecular flexibility index (Phi) is 3.13. The summed E-state index contributed by atoms with van der Waals surface area (Å²) in [4.78, 5) is 13.0. The number of rotatable bonds is 1. The van der Waals surface area contributed by atoms with Gasteiger partial charge in [0, 0.05) is 16.0 Å². The van der Waals surface area contributed by atoms with Crippen LogP contribution in [0, 0.1) is 5.92 Å². The van der Waals surface area contributed by atoms with Crippen LogP contribution in [-0.2, 0) is 0 Å². The average molecular weight is 256 g/mol. The molecule has 0 bridgehead atoms. The summed E-state index contributed by atoms with van der Waals surface area (Å²) in [6, 6.07) is 7.71. The standard InChI is InChI=1S/C16H16OS/c17-15-10-14(11-6-2-1-3-7-11)16(18)13-9-5-4-8-12(13)15/h4-5,8-11H,1-3,6-7H2. The quantitative estimate of drug-likeness (QED) is 0.703. The van der Waals surface area contributed by atoms with Crippen LogP contribution < -0.4 is 0 Å². The number of ketones is 1. The van der Waals surface area contributed by atoms with Crippen LogP contribution in [0.4, 0.5) is 0 Å². The molecule has 1 fully saturated rings. The largest absolute Gasteiger partial charge is 0.289 e.